The average molecular weight is 456 g/mol. The molecule has 4 rings (SSSR count). The molecule has 0 unspecified atom stereocenters. The van der Waals surface area contributed by atoms with Crippen LogP contribution in [0.3, 0.4) is 0 Å². The molecule has 0 aliphatic carbocycles. The van der Waals surface area contributed by atoms with Gasteiger partial charge in [0.25, 0.3) is 17.5 Å². The predicted octanol–water partition coefficient (Wildman–Crippen LogP) is 5.73. The number of nitro groups is 1. The molecule has 0 radical (unpaired) electrons. The lowest BCUT2D eigenvalue weighted by Crippen LogP contribution is -2.32. The Balaban J connectivity index is 1.79. The molecule has 172 valence electrons. The van der Waals surface area contributed by atoms with E-state index in [1.54, 1.807) is 12.1 Å². The summed E-state index contributed by atoms with van der Waals surface area (Å²) >= 11 is 0. The number of nitro benzene ring substituents is 1. The summed E-state index contributed by atoms with van der Waals surface area (Å²) in [7, 11) is 0. The molecule has 3 aromatic carbocycles. The first kappa shape index (κ1) is 22.9. The van der Waals surface area contributed by atoms with Crippen LogP contribution in [0.15, 0.2) is 72.4 Å². The van der Waals surface area contributed by atoms with Crippen LogP contribution in [0.25, 0.3) is 5.57 Å². The number of imide groups is 1. The lowest BCUT2D eigenvalue weighted by molar-refractivity contribution is -0.384. The maximum atomic E-state index is 13.5. The van der Waals surface area contributed by atoms with Crippen LogP contribution in [-0.4, -0.2) is 16.7 Å². The van der Waals surface area contributed by atoms with Crippen LogP contribution in [0.5, 0.6) is 0 Å². The summed E-state index contributed by atoms with van der Waals surface area (Å²) in [4.78, 5) is 38.8. The first-order valence-corrected chi connectivity index (χ1v) is 11.0. The summed E-state index contributed by atoms with van der Waals surface area (Å²) in [6, 6.07) is 18.7. The van der Waals surface area contributed by atoms with Gasteiger partial charge in [0.15, 0.2) is 0 Å². The zero-order valence-electron chi connectivity index (χ0n) is 19.5. The minimum atomic E-state index is -0.503. The van der Waals surface area contributed by atoms with Gasteiger partial charge in [0.1, 0.15) is 5.70 Å². The lowest BCUT2D eigenvalue weighted by Gasteiger charge is -2.17. The summed E-state index contributed by atoms with van der Waals surface area (Å²) in [5.74, 6) is -0.600. The van der Waals surface area contributed by atoms with Crippen LogP contribution in [0.1, 0.15) is 42.0 Å². The van der Waals surface area contributed by atoms with E-state index in [1.807, 2.05) is 44.2 Å². The summed E-state index contributed by atoms with van der Waals surface area (Å²) in [6.45, 7) is 8.07. The molecule has 7 nitrogen and oxygen atoms in total. The van der Waals surface area contributed by atoms with Gasteiger partial charge in [0, 0.05) is 17.8 Å². The van der Waals surface area contributed by atoms with Crippen molar-refractivity contribution in [3.05, 3.63) is 105 Å². The molecule has 3 aromatic rings. The predicted molar refractivity (Wildman–Crippen MR) is 133 cm³/mol. The second-order valence-electron chi connectivity index (χ2n) is 8.67. The van der Waals surface area contributed by atoms with Gasteiger partial charge in [-0.3, -0.25) is 19.7 Å². The summed E-state index contributed by atoms with van der Waals surface area (Å²) in [5, 5.41) is 14.2. The summed E-state index contributed by atoms with van der Waals surface area (Å²) in [5.41, 5.74) is 4.95. The fourth-order valence-electron chi connectivity index (χ4n) is 3.86. The van der Waals surface area contributed by atoms with E-state index in [4.69, 9.17) is 0 Å². The van der Waals surface area contributed by atoms with Gasteiger partial charge in [-0.05, 0) is 78.4 Å². The molecule has 2 amide bonds. The van der Waals surface area contributed by atoms with Crippen molar-refractivity contribution >= 4 is 34.4 Å². The molecule has 0 saturated heterocycles. The number of hydrogen-bond donors (Lipinski definition) is 1. The van der Waals surface area contributed by atoms with Crippen LogP contribution in [-0.2, 0) is 9.59 Å². The number of nitrogens with one attached hydrogen (secondary N) is 1. The Morgan fingerprint density at radius 2 is 1.50 bits per heavy atom. The Hall–Kier alpha value is -4.26. The van der Waals surface area contributed by atoms with Crippen LogP contribution < -0.4 is 10.2 Å². The zero-order chi connectivity index (χ0) is 24.6. The highest BCUT2D eigenvalue weighted by atomic mass is 16.6. The summed E-state index contributed by atoms with van der Waals surface area (Å²) in [6.07, 6.45) is 0. The van der Waals surface area contributed by atoms with Crippen molar-refractivity contribution in [1.82, 2.24) is 0 Å². The number of amides is 2. The number of nitrogens with zero attached hydrogens (tertiary/aromatic N) is 2. The van der Waals surface area contributed by atoms with Crippen molar-refractivity contribution in [2.75, 3.05) is 10.2 Å². The van der Waals surface area contributed by atoms with Gasteiger partial charge in [0.2, 0.25) is 0 Å². The fraction of sp³-hybridized carbons (Fsp3) is 0.185. The first-order chi connectivity index (χ1) is 16.2. The van der Waals surface area contributed by atoms with Crippen molar-refractivity contribution in [3.8, 4) is 0 Å². The van der Waals surface area contributed by atoms with Crippen molar-refractivity contribution in [1.29, 1.82) is 0 Å². The number of rotatable bonds is 6. The van der Waals surface area contributed by atoms with Crippen molar-refractivity contribution in [2.24, 2.45) is 0 Å². The molecule has 0 spiro atoms. The Kier molecular flexibility index (Phi) is 6.03. The van der Waals surface area contributed by atoms with Crippen LogP contribution in [0, 0.1) is 24.0 Å². The molecule has 1 heterocycles. The molecular weight excluding hydrogens is 430 g/mol. The Labute approximate surface area is 197 Å². The molecule has 0 atom stereocenters. The highest BCUT2D eigenvalue weighted by Gasteiger charge is 2.40. The quantitative estimate of drug-likeness (QED) is 0.291. The molecule has 1 aliphatic heterocycles. The number of non-ortho nitro benzene ring substituents is 1. The van der Waals surface area contributed by atoms with Crippen molar-refractivity contribution < 1.29 is 14.5 Å². The van der Waals surface area contributed by atoms with Crippen LogP contribution in [0.4, 0.5) is 17.1 Å². The molecule has 0 bridgehead atoms. The van der Waals surface area contributed by atoms with Gasteiger partial charge in [0.05, 0.1) is 16.2 Å². The van der Waals surface area contributed by atoms with E-state index in [0.717, 1.165) is 21.6 Å². The minimum absolute atomic E-state index is 0.0917. The lowest BCUT2D eigenvalue weighted by atomic mass is 10.0. The largest absolute Gasteiger partial charge is 0.350 e. The van der Waals surface area contributed by atoms with Gasteiger partial charge < -0.3 is 5.32 Å². The van der Waals surface area contributed by atoms with E-state index < -0.39 is 16.7 Å². The van der Waals surface area contributed by atoms with E-state index >= 15 is 0 Å². The fourth-order valence-corrected chi connectivity index (χ4v) is 3.86. The van der Waals surface area contributed by atoms with E-state index in [-0.39, 0.29) is 17.0 Å². The number of aryl methyl sites for hydroxylation is 2. The van der Waals surface area contributed by atoms with Gasteiger partial charge >= 0.3 is 0 Å². The standard InChI is InChI=1S/C27H25N3O4/c1-16(2)19-6-10-21(11-7-19)28-25-24(20-8-13-22(14-9-20)30(33)34)26(31)29(27(25)32)23-12-5-17(3)18(4)15-23/h5-16,28H,1-4H3. The highest BCUT2D eigenvalue weighted by Crippen LogP contribution is 2.35. The van der Waals surface area contributed by atoms with Crippen molar-refractivity contribution in [3.63, 3.8) is 0 Å². The Bertz CT molecular complexity index is 1320. The first-order valence-electron chi connectivity index (χ1n) is 11.0. The molecule has 0 aromatic heterocycles. The van der Waals surface area contributed by atoms with Crippen LogP contribution >= 0.6 is 0 Å². The maximum absolute atomic E-state index is 13.5. The smallest absolute Gasteiger partial charge is 0.282 e. The molecule has 0 saturated carbocycles. The third-order valence-corrected chi connectivity index (χ3v) is 6.05. The summed E-state index contributed by atoms with van der Waals surface area (Å²) < 4.78 is 0. The molecule has 1 aliphatic rings. The van der Waals surface area contributed by atoms with Gasteiger partial charge in [-0.2, -0.15) is 0 Å². The number of carbonyl (C=O) groups excluding carboxylic acids is 2. The number of anilines is 2. The van der Waals surface area contributed by atoms with Gasteiger partial charge in [-0.25, -0.2) is 4.90 Å². The highest BCUT2D eigenvalue weighted by molar-refractivity contribution is 6.46. The van der Waals surface area contributed by atoms with Crippen LogP contribution in [0.2, 0.25) is 0 Å². The van der Waals surface area contributed by atoms with E-state index in [2.05, 4.69) is 19.2 Å². The third-order valence-electron chi connectivity index (χ3n) is 6.05. The van der Waals surface area contributed by atoms with E-state index in [9.17, 15) is 19.7 Å². The minimum Gasteiger partial charge on any atom is -0.350 e. The monoisotopic (exact) mass is 455 g/mol. The zero-order valence-corrected chi connectivity index (χ0v) is 19.5. The molecule has 0 fully saturated rings. The second kappa shape index (κ2) is 8.94. The number of benzene rings is 3. The van der Waals surface area contributed by atoms with Gasteiger partial charge in [-0.1, -0.05) is 32.0 Å². The maximum Gasteiger partial charge on any atom is 0.282 e. The average Bonchev–Trinajstić information content (AvgIpc) is 3.05. The van der Waals surface area contributed by atoms with E-state index in [1.165, 1.54) is 24.3 Å². The molecule has 7 heteroatoms. The molecule has 34 heavy (non-hydrogen) atoms. The molecular formula is C27H25N3O4. The normalized spacial score (nSPS) is 13.7. The number of carbonyl (C=O) groups is 2. The Morgan fingerprint density at radius 3 is 2.06 bits per heavy atom. The van der Waals surface area contributed by atoms with Crippen molar-refractivity contribution in [2.45, 2.75) is 33.6 Å². The number of hydrogen-bond acceptors (Lipinski definition) is 5. The Morgan fingerprint density at radius 1 is 0.853 bits per heavy atom. The third kappa shape index (κ3) is 4.20. The topological polar surface area (TPSA) is 92.6 Å². The second-order valence-corrected chi connectivity index (χ2v) is 8.67. The SMILES string of the molecule is Cc1ccc(N2C(=O)C(Nc3ccc(C(C)C)cc3)=C(c3ccc([N+](=O)[O-])cc3)C2=O)cc1C. The van der Waals surface area contributed by atoms with Gasteiger partial charge in [-0.15, -0.1) is 0 Å². The molecule has 1 N–H and O–H groups in total. The van der Waals surface area contributed by atoms with E-state index in [0.29, 0.717) is 22.9 Å².